The lowest BCUT2D eigenvalue weighted by Crippen LogP contribution is -2.67. The molecule has 0 aromatic carbocycles. The molecule has 104 valence electrons. The number of rotatable bonds is 3. The van der Waals surface area contributed by atoms with Gasteiger partial charge in [-0.05, 0) is 43.8 Å². The Bertz CT molecular complexity index is 297. The minimum atomic E-state index is 0.401. The van der Waals surface area contributed by atoms with Gasteiger partial charge in [0.05, 0.1) is 0 Å². The zero-order chi connectivity index (χ0) is 12.8. The maximum Gasteiger partial charge on any atom is 0.0309 e. The van der Waals surface area contributed by atoms with Crippen molar-refractivity contribution in [3.63, 3.8) is 0 Å². The summed E-state index contributed by atoms with van der Waals surface area (Å²) < 4.78 is 0. The Morgan fingerprint density at radius 3 is 2.61 bits per heavy atom. The van der Waals surface area contributed by atoms with E-state index in [9.17, 15) is 0 Å². The molecule has 0 bridgehead atoms. The van der Waals surface area contributed by atoms with Gasteiger partial charge >= 0.3 is 0 Å². The molecule has 2 saturated heterocycles. The van der Waals surface area contributed by atoms with E-state index in [4.69, 9.17) is 0 Å². The van der Waals surface area contributed by atoms with E-state index in [1.165, 1.54) is 43.9 Å². The fraction of sp³-hybridized carbons (Fsp3) is 1.00. The maximum atomic E-state index is 3.89. The van der Waals surface area contributed by atoms with E-state index in [0.717, 1.165) is 23.9 Å². The maximum absolute atomic E-state index is 3.89. The molecule has 3 heteroatoms. The molecule has 3 aliphatic rings. The third kappa shape index (κ3) is 2.46. The van der Waals surface area contributed by atoms with Crippen LogP contribution in [-0.2, 0) is 0 Å². The van der Waals surface area contributed by atoms with Crippen molar-refractivity contribution in [1.29, 1.82) is 0 Å². The van der Waals surface area contributed by atoms with Crippen LogP contribution in [0.5, 0.6) is 0 Å². The SMILES string of the molecule is CC(C)C1CNC(C)(C2CC2)CN1C1CCSC1. The van der Waals surface area contributed by atoms with Crippen molar-refractivity contribution >= 4 is 11.8 Å². The molecule has 1 saturated carbocycles. The molecule has 0 aromatic rings. The lowest BCUT2D eigenvalue weighted by atomic mass is 9.87. The predicted molar refractivity (Wildman–Crippen MR) is 80.2 cm³/mol. The Kier molecular flexibility index (Phi) is 3.68. The number of hydrogen-bond acceptors (Lipinski definition) is 3. The Labute approximate surface area is 116 Å². The topological polar surface area (TPSA) is 15.3 Å². The Balaban J connectivity index is 1.74. The fourth-order valence-corrected chi connectivity index (χ4v) is 5.04. The molecule has 18 heavy (non-hydrogen) atoms. The quantitative estimate of drug-likeness (QED) is 0.847. The van der Waals surface area contributed by atoms with Gasteiger partial charge in [-0.3, -0.25) is 4.90 Å². The summed E-state index contributed by atoms with van der Waals surface area (Å²) >= 11 is 2.15. The smallest absolute Gasteiger partial charge is 0.0309 e. The van der Waals surface area contributed by atoms with Crippen molar-refractivity contribution in [3.05, 3.63) is 0 Å². The zero-order valence-electron chi connectivity index (χ0n) is 12.1. The molecule has 2 aliphatic heterocycles. The fourth-order valence-electron chi connectivity index (χ4n) is 3.80. The Morgan fingerprint density at radius 2 is 2.06 bits per heavy atom. The van der Waals surface area contributed by atoms with E-state index in [-0.39, 0.29) is 0 Å². The first-order valence-corrected chi connectivity index (χ1v) is 8.84. The minimum Gasteiger partial charge on any atom is -0.308 e. The van der Waals surface area contributed by atoms with E-state index in [1.807, 2.05) is 0 Å². The van der Waals surface area contributed by atoms with Crippen LogP contribution in [-0.4, -0.2) is 47.1 Å². The first-order valence-electron chi connectivity index (χ1n) is 7.69. The second kappa shape index (κ2) is 4.99. The molecule has 0 aromatic heterocycles. The number of thioether (sulfide) groups is 1. The summed E-state index contributed by atoms with van der Waals surface area (Å²) in [7, 11) is 0. The van der Waals surface area contributed by atoms with Gasteiger partial charge in [0.15, 0.2) is 0 Å². The summed E-state index contributed by atoms with van der Waals surface area (Å²) in [5.74, 6) is 4.46. The van der Waals surface area contributed by atoms with Crippen LogP contribution < -0.4 is 5.32 Å². The van der Waals surface area contributed by atoms with E-state index in [2.05, 4.69) is 42.7 Å². The molecule has 3 atom stereocenters. The van der Waals surface area contributed by atoms with Crippen molar-refractivity contribution in [2.24, 2.45) is 11.8 Å². The first kappa shape index (κ1) is 13.3. The van der Waals surface area contributed by atoms with Gasteiger partial charge < -0.3 is 5.32 Å². The summed E-state index contributed by atoms with van der Waals surface area (Å²) in [6.45, 7) is 9.73. The van der Waals surface area contributed by atoms with Crippen LogP contribution in [0.25, 0.3) is 0 Å². The molecule has 1 aliphatic carbocycles. The van der Waals surface area contributed by atoms with E-state index in [0.29, 0.717) is 5.54 Å². The van der Waals surface area contributed by atoms with E-state index < -0.39 is 0 Å². The number of hydrogen-bond donors (Lipinski definition) is 1. The molecular formula is C15H28N2S. The van der Waals surface area contributed by atoms with Crippen molar-refractivity contribution in [1.82, 2.24) is 10.2 Å². The van der Waals surface area contributed by atoms with Gasteiger partial charge in [0, 0.05) is 36.5 Å². The van der Waals surface area contributed by atoms with E-state index in [1.54, 1.807) is 0 Å². The lowest BCUT2D eigenvalue weighted by Gasteiger charge is -2.50. The lowest BCUT2D eigenvalue weighted by molar-refractivity contribution is 0.0259. The number of nitrogens with one attached hydrogen (secondary N) is 1. The number of piperazine rings is 1. The average Bonchev–Trinajstić information content (AvgIpc) is 3.06. The van der Waals surface area contributed by atoms with Gasteiger partial charge in [-0.25, -0.2) is 0 Å². The van der Waals surface area contributed by atoms with Crippen LogP contribution in [0.4, 0.5) is 0 Å². The van der Waals surface area contributed by atoms with Gasteiger partial charge in [0.2, 0.25) is 0 Å². The molecule has 0 spiro atoms. The van der Waals surface area contributed by atoms with Gasteiger partial charge in [-0.15, -0.1) is 0 Å². The molecule has 2 heterocycles. The second-order valence-corrected chi connectivity index (χ2v) is 8.22. The highest BCUT2D eigenvalue weighted by atomic mass is 32.2. The average molecular weight is 268 g/mol. The molecule has 3 unspecified atom stereocenters. The van der Waals surface area contributed by atoms with E-state index >= 15 is 0 Å². The second-order valence-electron chi connectivity index (χ2n) is 7.07. The van der Waals surface area contributed by atoms with Crippen LogP contribution >= 0.6 is 11.8 Å². The van der Waals surface area contributed by atoms with Crippen LogP contribution in [0.3, 0.4) is 0 Å². The highest BCUT2D eigenvalue weighted by Crippen LogP contribution is 2.42. The normalized spacial score (nSPS) is 42.7. The Hall–Kier alpha value is 0.270. The molecule has 1 N–H and O–H groups in total. The molecule has 0 amide bonds. The summed E-state index contributed by atoms with van der Waals surface area (Å²) in [6.07, 6.45) is 4.31. The van der Waals surface area contributed by atoms with Crippen LogP contribution in [0.1, 0.15) is 40.0 Å². The van der Waals surface area contributed by atoms with Crippen molar-refractivity contribution in [2.45, 2.75) is 57.7 Å². The molecule has 2 nitrogen and oxygen atoms in total. The highest BCUT2D eigenvalue weighted by Gasteiger charge is 2.48. The standard InChI is InChI=1S/C15H28N2S/c1-11(2)14-8-16-15(3,12-4-5-12)10-17(14)13-6-7-18-9-13/h11-14,16H,4-10H2,1-3H3. The van der Waals surface area contributed by atoms with Crippen LogP contribution in [0.15, 0.2) is 0 Å². The molecule has 0 radical (unpaired) electrons. The molecule has 3 fully saturated rings. The summed E-state index contributed by atoms with van der Waals surface area (Å²) in [6, 6.07) is 1.60. The van der Waals surface area contributed by atoms with Crippen molar-refractivity contribution in [3.8, 4) is 0 Å². The van der Waals surface area contributed by atoms with Crippen molar-refractivity contribution in [2.75, 3.05) is 24.6 Å². The monoisotopic (exact) mass is 268 g/mol. The third-order valence-corrected chi connectivity index (χ3v) is 6.42. The molecule has 3 rings (SSSR count). The first-order chi connectivity index (χ1) is 8.60. The molecular weight excluding hydrogens is 240 g/mol. The van der Waals surface area contributed by atoms with Gasteiger partial charge in [-0.2, -0.15) is 11.8 Å². The minimum absolute atomic E-state index is 0.401. The van der Waals surface area contributed by atoms with Gasteiger partial charge in [0.1, 0.15) is 0 Å². The van der Waals surface area contributed by atoms with Crippen molar-refractivity contribution < 1.29 is 0 Å². The highest BCUT2D eigenvalue weighted by molar-refractivity contribution is 7.99. The zero-order valence-corrected chi connectivity index (χ0v) is 12.9. The summed E-state index contributed by atoms with van der Waals surface area (Å²) in [4.78, 5) is 2.87. The van der Waals surface area contributed by atoms with Crippen LogP contribution in [0, 0.1) is 11.8 Å². The third-order valence-electron chi connectivity index (χ3n) is 5.27. The number of nitrogens with zero attached hydrogens (tertiary/aromatic N) is 1. The summed E-state index contributed by atoms with van der Waals surface area (Å²) in [5.41, 5.74) is 0.401. The van der Waals surface area contributed by atoms with Gasteiger partial charge in [-0.1, -0.05) is 13.8 Å². The Morgan fingerprint density at radius 1 is 1.28 bits per heavy atom. The largest absolute Gasteiger partial charge is 0.308 e. The summed E-state index contributed by atoms with van der Waals surface area (Å²) in [5, 5.41) is 3.89. The van der Waals surface area contributed by atoms with Gasteiger partial charge in [0.25, 0.3) is 0 Å². The predicted octanol–water partition coefficient (Wildman–Crippen LogP) is 2.59. The van der Waals surface area contributed by atoms with Crippen LogP contribution in [0.2, 0.25) is 0 Å².